The summed E-state index contributed by atoms with van der Waals surface area (Å²) in [4.78, 5) is 4.69. The lowest BCUT2D eigenvalue weighted by Gasteiger charge is -2.19. The van der Waals surface area contributed by atoms with Crippen LogP contribution in [-0.4, -0.2) is 13.4 Å². The lowest BCUT2D eigenvalue weighted by molar-refractivity contribution is 0.599. The van der Waals surface area contributed by atoms with Crippen LogP contribution < -0.4 is 4.72 Å². The third kappa shape index (κ3) is 3.00. The fourth-order valence-corrected chi connectivity index (χ4v) is 4.84. The van der Waals surface area contributed by atoms with Gasteiger partial charge in [-0.05, 0) is 74.6 Å². The topological polar surface area (TPSA) is 59.1 Å². The molecule has 0 saturated heterocycles. The summed E-state index contributed by atoms with van der Waals surface area (Å²) in [5.74, 6) is 0. The molecule has 2 aromatic carbocycles. The molecular weight excluding hydrogens is 332 g/mol. The molecule has 0 atom stereocenters. The van der Waals surface area contributed by atoms with E-state index in [9.17, 15) is 8.42 Å². The molecule has 0 saturated carbocycles. The van der Waals surface area contributed by atoms with Gasteiger partial charge in [-0.1, -0.05) is 18.2 Å². The number of nitrogens with zero attached hydrogens (tertiary/aromatic N) is 1. The van der Waals surface area contributed by atoms with E-state index in [2.05, 4.69) is 9.71 Å². The first-order valence-corrected chi connectivity index (χ1v) is 9.65. The van der Waals surface area contributed by atoms with E-state index >= 15 is 0 Å². The second-order valence-electron chi connectivity index (χ2n) is 6.48. The van der Waals surface area contributed by atoms with E-state index in [1.807, 2.05) is 58.9 Å². The molecular formula is C20H22N2O2S. The Hall–Kier alpha value is -2.40. The third-order valence-electron chi connectivity index (χ3n) is 5.04. The number of benzene rings is 2. The molecule has 0 amide bonds. The van der Waals surface area contributed by atoms with Crippen molar-refractivity contribution >= 4 is 26.6 Å². The molecule has 0 radical (unpaired) electrons. The lowest BCUT2D eigenvalue weighted by Crippen LogP contribution is -2.17. The number of hydrogen-bond donors (Lipinski definition) is 1. The van der Waals surface area contributed by atoms with Gasteiger partial charge in [0.2, 0.25) is 0 Å². The molecule has 4 nitrogen and oxygen atoms in total. The Labute approximate surface area is 149 Å². The maximum Gasteiger partial charge on any atom is 0.262 e. The van der Waals surface area contributed by atoms with E-state index in [4.69, 9.17) is 0 Å². The molecule has 0 bridgehead atoms. The van der Waals surface area contributed by atoms with E-state index < -0.39 is 10.0 Å². The Kier molecular flexibility index (Phi) is 4.29. The fraction of sp³-hybridized carbons (Fsp3) is 0.250. The zero-order valence-corrected chi connectivity index (χ0v) is 16.0. The van der Waals surface area contributed by atoms with E-state index in [0.717, 1.165) is 38.7 Å². The molecule has 3 rings (SSSR count). The number of aromatic nitrogens is 1. The molecule has 3 aromatic rings. The standard InChI is InChI=1S/C20H22N2O2S/c1-12-13(2)15(4)20(16(5)14(12)3)25(23,24)22-18-10-17-8-6-7-9-19(17)21-11-18/h6-11,22H,1-5H3. The summed E-state index contributed by atoms with van der Waals surface area (Å²) in [6, 6.07) is 9.43. The second-order valence-corrected chi connectivity index (χ2v) is 8.10. The highest BCUT2D eigenvalue weighted by Gasteiger charge is 2.23. The predicted octanol–water partition coefficient (Wildman–Crippen LogP) is 4.58. The van der Waals surface area contributed by atoms with Crippen molar-refractivity contribution in [3.8, 4) is 0 Å². The second kappa shape index (κ2) is 6.15. The summed E-state index contributed by atoms with van der Waals surface area (Å²) < 4.78 is 28.8. The summed E-state index contributed by atoms with van der Waals surface area (Å²) in [5, 5.41) is 0.896. The average Bonchev–Trinajstić information content (AvgIpc) is 2.57. The molecule has 0 aliphatic heterocycles. The van der Waals surface area contributed by atoms with Gasteiger partial charge in [0.05, 0.1) is 22.3 Å². The molecule has 130 valence electrons. The van der Waals surface area contributed by atoms with Crippen LogP contribution in [0.3, 0.4) is 0 Å². The van der Waals surface area contributed by atoms with Crippen LogP contribution in [0.2, 0.25) is 0 Å². The van der Waals surface area contributed by atoms with Crippen LogP contribution in [0, 0.1) is 34.6 Å². The number of sulfonamides is 1. The first kappa shape index (κ1) is 17.4. The molecule has 1 aromatic heterocycles. The Morgan fingerprint density at radius 2 is 1.40 bits per heavy atom. The molecule has 0 aliphatic carbocycles. The highest BCUT2D eigenvalue weighted by molar-refractivity contribution is 7.92. The van der Waals surface area contributed by atoms with Crippen LogP contribution in [0.1, 0.15) is 27.8 Å². The number of fused-ring (bicyclic) bond motifs is 1. The maximum atomic E-state index is 13.1. The smallest absolute Gasteiger partial charge is 0.262 e. The maximum absolute atomic E-state index is 13.1. The predicted molar refractivity (Wildman–Crippen MR) is 103 cm³/mol. The Morgan fingerprint density at radius 3 is 2.04 bits per heavy atom. The quantitative estimate of drug-likeness (QED) is 0.749. The Bertz CT molecular complexity index is 1060. The normalized spacial score (nSPS) is 11.7. The summed E-state index contributed by atoms with van der Waals surface area (Å²) in [7, 11) is -3.70. The molecule has 1 heterocycles. The van der Waals surface area contributed by atoms with E-state index in [1.54, 1.807) is 12.3 Å². The molecule has 0 fully saturated rings. The van der Waals surface area contributed by atoms with Crippen molar-refractivity contribution < 1.29 is 8.42 Å². The van der Waals surface area contributed by atoms with Crippen molar-refractivity contribution in [1.82, 2.24) is 4.98 Å². The van der Waals surface area contributed by atoms with Gasteiger partial charge >= 0.3 is 0 Å². The zero-order chi connectivity index (χ0) is 18.4. The van der Waals surface area contributed by atoms with Crippen LogP contribution in [0.25, 0.3) is 10.9 Å². The number of pyridine rings is 1. The van der Waals surface area contributed by atoms with Crippen LogP contribution in [0.5, 0.6) is 0 Å². The van der Waals surface area contributed by atoms with Gasteiger partial charge in [0, 0.05) is 5.39 Å². The van der Waals surface area contributed by atoms with Crippen LogP contribution in [0.15, 0.2) is 41.4 Å². The van der Waals surface area contributed by atoms with Crippen LogP contribution >= 0.6 is 0 Å². The average molecular weight is 354 g/mol. The first-order chi connectivity index (χ1) is 11.7. The van der Waals surface area contributed by atoms with Crippen molar-refractivity contribution in [2.45, 2.75) is 39.5 Å². The van der Waals surface area contributed by atoms with Crippen molar-refractivity contribution in [2.24, 2.45) is 0 Å². The molecule has 0 unspecified atom stereocenters. The summed E-state index contributed by atoms with van der Waals surface area (Å²) in [6.45, 7) is 9.69. The minimum Gasteiger partial charge on any atom is -0.278 e. The highest BCUT2D eigenvalue weighted by atomic mass is 32.2. The third-order valence-corrected chi connectivity index (χ3v) is 6.70. The van der Waals surface area contributed by atoms with Crippen molar-refractivity contribution in [1.29, 1.82) is 0 Å². The minimum absolute atomic E-state index is 0.362. The lowest BCUT2D eigenvalue weighted by atomic mass is 9.95. The monoisotopic (exact) mass is 354 g/mol. The van der Waals surface area contributed by atoms with Crippen molar-refractivity contribution in [3.05, 3.63) is 64.3 Å². The molecule has 25 heavy (non-hydrogen) atoms. The van der Waals surface area contributed by atoms with Gasteiger partial charge in [-0.25, -0.2) is 8.42 Å². The number of hydrogen-bond acceptors (Lipinski definition) is 3. The van der Waals surface area contributed by atoms with Gasteiger partial charge in [0.15, 0.2) is 0 Å². The van der Waals surface area contributed by atoms with E-state index in [-0.39, 0.29) is 0 Å². The molecule has 1 N–H and O–H groups in total. The highest BCUT2D eigenvalue weighted by Crippen LogP contribution is 2.31. The van der Waals surface area contributed by atoms with Crippen LogP contribution in [-0.2, 0) is 10.0 Å². The summed E-state index contributed by atoms with van der Waals surface area (Å²) in [5.41, 5.74) is 6.05. The van der Waals surface area contributed by atoms with Crippen molar-refractivity contribution in [2.75, 3.05) is 4.72 Å². The number of anilines is 1. The largest absolute Gasteiger partial charge is 0.278 e. The van der Waals surface area contributed by atoms with Gasteiger partial charge < -0.3 is 0 Å². The van der Waals surface area contributed by atoms with Gasteiger partial charge in [0.1, 0.15) is 0 Å². The number of rotatable bonds is 3. The molecule has 5 heteroatoms. The molecule has 0 spiro atoms. The summed E-state index contributed by atoms with van der Waals surface area (Å²) >= 11 is 0. The number of nitrogens with one attached hydrogen (secondary N) is 1. The van der Waals surface area contributed by atoms with Crippen molar-refractivity contribution in [3.63, 3.8) is 0 Å². The van der Waals surface area contributed by atoms with Gasteiger partial charge in [-0.15, -0.1) is 0 Å². The van der Waals surface area contributed by atoms with E-state index in [0.29, 0.717) is 10.6 Å². The summed E-state index contributed by atoms with van der Waals surface area (Å²) in [6.07, 6.45) is 1.55. The Balaban J connectivity index is 2.11. The SMILES string of the molecule is Cc1c(C)c(C)c(S(=O)(=O)Nc2cnc3ccccc3c2)c(C)c1C. The minimum atomic E-state index is -3.70. The zero-order valence-electron chi connectivity index (χ0n) is 15.1. The Morgan fingerprint density at radius 1 is 0.840 bits per heavy atom. The van der Waals surface area contributed by atoms with Gasteiger partial charge in [-0.3, -0.25) is 9.71 Å². The first-order valence-electron chi connectivity index (χ1n) is 8.17. The van der Waals surface area contributed by atoms with Gasteiger partial charge in [-0.2, -0.15) is 0 Å². The number of para-hydroxylation sites is 1. The molecule has 0 aliphatic rings. The van der Waals surface area contributed by atoms with Crippen LogP contribution in [0.4, 0.5) is 5.69 Å². The van der Waals surface area contributed by atoms with Gasteiger partial charge in [0.25, 0.3) is 10.0 Å². The fourth-order valence-electron chi connectivity index (χ4n) is 3.20. The van der Waals surface area contributed by atoms with E-state index in [1.165, 1.54) is 0 Å².